The second-order valence-electron chi connectivity index (χ2n) is 10.4. The number of aromatic nitrogens is 2. The molecule has 2 aliphatic heterocycles. The van der Waals surface area contributed by atoms with Gasteiger partial charge >= 0.3 is 11.9 Å². The fourth-order valence-corrected chi connectivity index (χ4v) is 5.22. The summed E-state index contributed by atoms with van der Waals surface area (Å²) in [5, 5.41) is 0. The van der Waals surface area contributed by atoms with E-state index in [0.29, 0.717) is 25.4 Å². The van der Waals surface area contributed by atoms with Crippen LogP contribution in [0.1, 0.15) is 52.7 Å². The van der Waals surface area contributed by atoms with Crippen LogP contribution in [-0.2, 0) is 24.5 Å². The number of nitrogens with zero attached hydrogens (tertiary/aromatic N) is 4. The number of rotatable bonds is 6. The Morgan fingerprint density at radius 2 is 1.90 bits per heavy atom. The summed E-state index contributed by atoms with van der Waals surface area (Å²) in [6.07, 6.45) is 1.82. The van der Waals surface area contributed by atoms with Crippen molar-refractivity contribution in [1.29, 1.82) is 0 Å². The summed E-state index contributed by atoms with van der Waals surface area (Å²) < 4.78 is 9.85. The fourth-order valence-electron chi connectivity index (χ4n) is 5.22. The maximum Gasteiger partial charge on any atom is 0.306 e. The number of esters is 2. The molecular formula is C23H34N4O4. The zero-order valence-corrected chi connectivity index (χ0v) is 19.5. The molecule has 31 heavy (non-hydrogen) atoms. The third-order valence-corrected chi connectivity index (χ3v) is 7.44. The van der Waals surface area contributed by atoms with Crippen molar-refractivity contribution in [3.63, 3.8) is 0 Å². The third kappa shape index (κ3) is 3.85. The summed E-state index contributed by atoms with van der Waals surface area (Å²) in [6.45, 7) is 11.1. The first kappa shape index (κ1) is 21.8. The number of carbonyl (C=O) groups excluding carboxylic acids is 2. The molecule has 0 amide bonds. The number of hydrogen-bond acceptors (Lipinski definition) is 8. The lowest BCUT2D eigenvalue weighted by molar-refractivity contribution is -0.144. The average Bonchev–Trinajstić information content (AvgIpc) is 3.07. The van der Waals surface area contributed by atoms with Gasteiger partial charge in [0.25, 0.3) is 0 Å². The quantitative estimate of drug-likeness (QED) is 0.637. The van der Waals surface area contributed by atoms with Crippen LogP contribution in [0.25, 0.3) is 0 Å². The van der Waals surface area contributed by atoms with E-state index in [1.54, 1.807) is 0 Å². The molecule has 0 unspecified atom stereocenters. The molecule has 3 aliphatic rings. The molecule has 2 saturated heterocycles. The van der Waals surface area contributed by atoms with Crippen LogP contribution in [0.4, 0.5) is 11.8 Å². The van der Waals surface area contributed by atoms with E-state index in [-0.39, 0.29) is 34.6 Å². The highest BCUT2D eigenvalue weighted by Gasteiger charge is 2.69. The predicted octanol–water partition coefficient (Wildman–Crippen LogP) is 2.55. The zero-order chi connectivity index (χ0) is 22.6. The minimum absolute atomic E-state index is 0.0969. The van der Waals surface area contributed by atoms with E-state index >= 15 is 0 Å². The lowest BCUT2D eigenvalue weighted by atomic mass is 9.91. The normalized spacial score (nSPS) is 29.3. The summed E-state index contributed by atoms with van der Waals surface area (Å²) in [5.74, 6) is 1.64. The summed E-state index contributed by atoms with van der Waals surface area (Å²) in [5.41, 5.74) is 0.666. The lowest BCUT2D eigenvalue weighted by Gasteiger charge is -2.39. The van der Waals surface area contributed by atoms with Gasteiger partial charge in [-0.25, -0.2) is 4.98 Å². The van der Waals surface area contributed by atoms with Crippen molar-refractivity contribution in [1.82, 2.24) is 9.97 Å². The molecule has 0 aromatic carbocycles. The number of methoxy groups -OCH3 is 2. The molecule has 1 aliphatic carbocycles. The number of ether oxygens (including phenoxy) is 2. The van der Waals surface area contributed by atoms with Gasteiger partial charge in [0.1, 0.15) is 5.82 Å². The maximum absolute atomic E-state index is 12.2. The zero-order valence-electron chi connectivity index (χ0n) is 19.5. The SMILES string of the molecule is COC(=O)C[C@@H]1[C@@H]2CN(c3cc(C(C)(C)C)nc(N4CC[C@@H]4C)n3)C[C@]12CC(=O)OC. The molecule has 3 fully saturated rings. The third-order valence-electron chi connectivity index (χ3n) is 7.44. The molecular weight excluding hydrogens is 396 g/mol. The van der Waals surface area contributed by atoms with Gasteiger partial charge in [0, 0.05) is 49.0 Å². The second-order valence-corrected chi connectivity index (χ2v) is 10.4. The number of hydrogen-bond donors (Lipinski definition) is 0. The molecule has 4 atom stereocenters. The summed E-state index contributed by atoms with van der Waals surface area (Å²) in [6, 6.07) is 2.53. The Morgan fingerprint density at radius 1 is 1.19 bits per heavy atom. The van der Waals surface area contributed by atoms with Crippen molar-refractivity contribution < 1.29 is 19.1 Å². The first-order valence-corrected chi connectivity index (χ1v) is 11.1. The van der Waals surface area contributed by atoms with Crippen LogP contribution in [0.2, 0.25) is 0 Å². The second kappa shape index (κ2) is 7.64. The van der Waals surface area contributed by atoms with Crippen LogP contribution >= 0.6 is 0 Å². The lowest BCUT2D eigenvalue weighted by Crippen LogP contribution is -2.47. The number of fused-ring (bicyclic) bond motifs is 1. The van der Waals surface area contributed by atoms with Crippen LogP contribution in [0.3, 0.4) is 0 Å². The summed E-state index contributed by atoms with van der Waals surface area (Å²) >= 11 is 0. The topological polar surface area (TPSA) is 84.9 Å². The van der Waals surface area contributed by atoms with Gasteiger partial charge in [0.2, 0.25) is 5.95 Å². The van der Waals surface area contributed by atoms with Gasteiger partial charge in [-0.15, -0.1) is 0 Å². The Morgan fingerprint density at radius 3 is 2.45 bits per heavy atom. The Bertz CT molecular complexity index is 883. The van der Waals surface area contributed by atoms with E-state index in [2.05, 4.69) is 43.6 Å². The van der Waals surface area contributed by atoms with E-state index in [0.717, 1.165) is 37.0 Å². The summed E-state index contributed by atoms with van der Waals surface area (Å²) in [7, 11) is 2.83. The fraction of sp³-hybridized carbons (Fsp3) is 0.739. The van der Waals surface area contributed by atoms with Crippen molar-refractivity contribution in [2.45, 2.75) is 58.4 Å². The molecule has 1 aromatic heterocycles. The minimum Gasteiger partial charge on any atom is -0.469 e. The molecule has 0 spiro atoms. The smallest absolute Gasteiger partial charge is 0.306 e. The van der Waals surface area contributed by atoms with Gasteiger partial charge in [-0.2, -0.15) is 4.98 Å². The first-order valence-electron chi connectivity index (χ1n) is 11.1. The van der Waals surface area contributed by atoms with E-state index in [9.17, 15) is 9.59 Å². The molecule has 170 valence electrons. The molecule has 0 radical (unpaired) electrons. The highest BCUT2D eigenvalue weighted by atomic mass is 16.5. The highest BCUT2D eigenvalue weighted by Crippen LogP contribution is 2.67. The van der Waals surface area contributed by atoms with Crippen LogP contribution in [0.15, 0.2) is 6.07 Å². The molecule has 0 bridgehead atoms. The molecule has 1 aromatic rings. The van der Waals surface area contributed by atoms with Gasteiger partial charge in [0.05, 0.1) is 26.3 Å². The molecule has 1 saturated carbocycles. The molecule has 8 heteroatoms. The van der Waals surface area contributed by atoms with E-state index in [1.807, 2.05) is 0 Å². The Labute approximate surface area is 184 Å². The van der Waals surface area contributed by atoms with E-state index in [1.165, 1.54) is 14.2 Å². The van der Waals surface area contributed by atoms with Crippen molar-refractivity contribution >= 4 is 23.7 Å². The van der Waals surface area contributed by atoms with Crippen molar-refractivity contribution in [3.8, 4) is 0 Å². The molecule has 3 heterocycles. The standard InChI is InChI=1S/C23H34N4O4/c1-14-7-8-27(14)21-24-17(22(2,3)4)10-18(25-21)26-12-16-15(9-19(28)30-5)23(16,13-26)11-20(29)31-6/h10,14-16H,7-9,11-13H2,1-6H3/t14-,15+,16-,23+/m0/s1. The van der Waals surface area contributed by atoms with Gasteiger partial charge in [-0.1, -0.05) is 20.8 Å². The number of piperidine rings is 1. The van der Waals surface area contributed by atoms with Crippen molar-refractivity contribution in [3.05, 3.63) is 11.8 Å². The minimum atomic E-state index is -0.252. The Balaban J connectivity index is 1.61. The number of carbonyl (C=O) groups is 2. The average molecular weight is 431 g/mol. The largest absolute Gasteiger partial charge is 0.469 e. The maximum atomic E-state index is 12.2. The molecule has 4 rings (SSSR count). The predicted molar refractivity (Wildman–Crippen MR) is 117 cm³/mol. The molecule has 8 nitrogen and oxygen atoms in total. The van der Waals surface area contributed by atoms with Gasteiger partial charge < -0.3 is 19.3 Å². The number of anilines is 2. The van der Waals surface area contributed by atoms with Crippen molar-refractivity contribution in [2.24, 2.45) is 17.3 Å². The van der Waals surface area contributed by atoms with Crippen molar-refractivity contribution in [2.75, 3.05) is 43.7 Å². The Hall–Kier alpha value is -2.38. The highest BCUT2D eigenvalue weighted by molar-refractivity contribution is 5.74. The van der Waals surface area contributed by atoms with Crippen LogP contribution in [0, 0.1) is 17.3 Å². The van der Waals surface area contributed by atoms with Crippen LogP contribution in [0.5, 0.6) is 0 Å². The first-order chi connectivity index (χ1) is 14.6. The molecule has 0 N–H and O–H groups in total. The van der Waals surface area contributed by atoms with Crippen LogP contribution < -0.4 is 9.80 Å². The van der Waals surface area contributed by atoms with E-state index in [4.69, 9.17) is 19.4 Å². The van der Waals surface area contributed by atoms with Gasteiger partial charge in [0.15, 0.2) is 0 Å². The monoisotopic (exact) mass is 430 g/mol. The van der Waals surface area contributed by atoms with Gasteiger partial charge in [-0.05, 0) is 25.2 Å². The Kier molecular flexibility index (Phi) is 5.38. The van der Waals surface area contributed by atoms with E-state index < -0.39 is 0 Å². The van der Waals surface area contributed by atoms with Crippen LogP contribution in [-0.4, -0.2) is 61.8 Å². The van der Waals surface area contributed by atoms with Gasteiger partial charge in [-0.3, -0.25) is 9.59 Å². The summed E-state index contributed by atoms with van der Waals surface area (Å²) in [4.78, 5) is 38.4.